The van der Waals surface area contributed by atoms with Gasteiger partial charge in [0.15, 0.2) is 5.78 Å². The fraction of sp³-hybridized carbons (Fsp3) is 0.571. The Morgan fingerprint density at radius 3 is 2.96 bits per heavy atom. The minimum Gasteiger partial charge on any atom is -0.508 e. The Balaban J connectivity index is 1.82. The number of allylic oxidation sites excluding steroid dienone is 1. The van der Waals surface area contributed by atoms with E-state index in [9.17, 15) is 9.90 Å². The van der Waals surface area contributed by atoms with Crippen LogP contribution in [0.3, 0.4) is 0 Å². The van der Waals surface area contributed by atoms with E-state index in [1.54, 1.807) is 6.07 Å². The molecule has 0 radical (unpaired) electrons. The molecule has 24 heavy (non-hydrogen) atoms. The summed E-state index contributed by atoms with van der Waals surface area (Å²) < 4.78 is 0. The standard InChI is InChI=1S/C21H27NO2/c1-14(2)8-11-22-12-10-21-9-4-3-5-17(21)19(22)20(24)16-7-6-15(23)13-18(16)21/h6-8,13,17,19,23H,3-5,9-12H2,1-2H3/t17-,19+,21+/m0/s1. The number of hydrogen-bond acceptors (Lipinski definition) is 3. The highest BCUT2D eigenvalue weighted by atomic mass is 16.3. The van der Waals surface area contributed by atoms with Gasteiger partial charge in [-0.15, -0.1) is 0 Å². The maximum Gasteiger partial charge on any atom is 0.180 e. The molecule has 1 aliphatic heterocycles. The van der Waals surface area contributed by atoms with Gasteiger partial charge < -0.3 is 5.11 Å². The molecule has 1 aromatic carbocycles. The van der Waals surface area contributed by atoms with Crippen molar-refractivity contribution in [1.29, 1.82) is 0 Å². The van der Waals surface area contributed by atoms with Crippen molar-refractivity contribution >= 4 is 5.78 Å². The number of aromatic hydroxyl groups is 1. The molecule has 1 heterocycles. The Bertz CT molecular complexity index is 704. The maximum absolute atomic E-state index is 13.3. The molecule has 1 N–H and O–H groups in total. The molecule has 0 amide bonds. The van der Waals surface area contributed by atoms with E-state index >= 15 is 0 Å². The molecule has 3 aliphatic rings. The Labute approximate surface area is 144 Å². The van der Waals surface area contributed by atoms with Crippen molar-refractivity contribution in [2.45, 2.75) is 57.4 Å². The van der Waals surface area contributed by atoms with Crippen molar-refractivity contribution in [3.63, 3.8) is 0 Å². The molecular formula is C21H27NO2. The number of phenolic OH excluding ortho intramolecular Hbond substituents is 1. The number of phenols is 1. The average Bonchev–Trinajstić information content (AvgIpc) is 2.57. The van der Waals surface area contributed by atoms with Crippen LogP contribution in [-0.4, -0.2) is 34.9 Å². The summed E-state index contributed by atoms with van der Waals surface area (Å²) in [6.07, 6.45) is 8.11. The van der Waals surface area contributed by atoms with Crippen LogP contribution in [0.25, 0.3) is 0 Å². The molecule has 0 aromatic heterocycles. The molecule has 2 bridgehead atoms. The van der Waals surface area contributed by atoms with Crippen molar-refractivity contribution in [1.82, 2.24) is 4.90 Å². The fourth-order valence-corrected chi connectivity index (χ4v) is 5.41. The second-order valence-electron chi connectivity index (χ2n) is 8.07. The zero-order valence-corrected chi connectivity index (χ0v) is 14.7. The van der Waals surface area contributed by atoms with Crippen LogP contribution in [0.5, 0.6) is 5.75 Å². The van der Waals surface area contributed by atoms with Crippen LogP contribution in [0.4, 0.5) is 0 Å². The number of piperidine rings is 1. The Kier molecular flexibility index (Phi) is 3.80. The average molecular weight is 325 g/mol. The Morgan fingerprint density at radius 1 is 1.33 bits per heavy atom. The summed E-state index contributed by atoms with van der Waals surface area (Å²) in [4.78, 5) is 15.7. The van der Waals surface area contributed by atoms with Crippen molar-refractivity contribution in [2.24, 2.45) is 5.92 Å². The van der Waals surface area contributed by atoms with Crippen molar-refractivity contribution < 1.29 is 9.90 Å². The van der Waals surface area contributed by atoms with Gasteiger partial charge in [0, 0.05) is 24.1 Å². The highest BCUT2D eigenvalue weighted by molar-refractivity contribution is 6.04. The summed E-state index contributed by atoms with van der Waals surface area (Å²) in [5, 5.41) is 10.0. The van der Waals surface area contributed by atoms with E-state index in [4.69, 9.17) is 0 Å². The quantitative estimate of drug-likeness (QED) is 0.834. The van der Waals surface area contributed by atoms with Crippen LogP contribution in [0, 0.1) is 5.92 Å². The fourth-order valence-electron chi connectivity index (χ4n) is 5.41. The number of benzene rings is 1. The molecule has 3 heteroatoms. The minimum absolute atomic E-state index is 0.0201. The van der Waals surface area contributed by atoms with Gasteiger partial charge in [-0.25, -0.2) is 0 Å². The van der Waals surface area contributed by atoms with E-state index in [0.717, 1.165) is 43.5 Å². The molecule has 0 spiro atoms. The number of nitrogens with zero attached hydrogens (tertiary/aromatic N) is 1. The van der Waals surface area contributed by atoms with Crippen molar-refractivity contribution in [3.8, 4) is 5.75 Å². The predicted octanol–water partition coefficient (Wildman–Crippen LogP) is 4.06. The van der Waals surface area contributed by atoms with E-state index < -0.39 is 0 Å². The first-order valence-electron chi connectivity index (χ1n) is 9.28. The molecule has 1 saturated heterocycles. The first kappa shape index (κ1) is 15.9. The van der Waals surface area contributed by atoms with E-state index in [0.29, 0.717) is 11.7 Å². The van der Waals surface area contributed by atoms with Gasteiger partial charge in [0.2, 0.25) is 0 Å². The molecule has 4 rings (SSSR count). The third-order valence-electron chi connectivity index (χ3n) is 6.53. The van der Waals surface area contributed by atoms with Crippen LogP contribution >= 0.6 is 0 Å². The lowest BCUT2D eigenvalue weighted by molar-refractivity contribution is 0.00213. The molecule has 2 aliphatic carbocycles. The number of carbonyl (C=O) groups is 1. The van der Waals surface area contributed by atoms with Gasteiger partial charge in [-0.3, -0.25) is 9.69 Å². The minimum atomic E-state index is 0.0201. The lowest BCUT2D eigenvalue weighted by atomic mass is 9.52. The molecule has 1 saturated carbocycles. The second kappa shape index (κ2) is 5.73. The molecule has 2 fully saturated rings. The third kappa shape index (κ3) is 2.25. The summed E-state index contributed by atoms with van der Waals surface area (Å²) in [6.45, 7) is 6.09. The van der Waals surface area contributed by atoms with E-state index in [1.165, 1.54) is 18.4 Å². The van der Waals surface area contributed by atoms with Gasteiger partial charge in [0.05, 0.1) is 6.04 Å². The topological polar surface area (TPSA) is 40.5 Å². The van der Waals surface area contributed by atoms with E-state index in [-0.39, 0.29) is 17.2 Å². The van der Waals surface area contributed by atoms with Gasteiger partial charge in [-0.1, -0.05) is 24.5 Å². The van der Waals surface area contributed by atoms with Gasteiger partial charge in [0.1, 0.15) is 5.75 Å². The van der Waals surface area contributed by atoms with Gasteiger partial charge in [0.25, 0.3) is 0 Å². The van der Waals surface area contributed by atoms with E-state index in [2.05, 4.69) is 24.8 Å². The number of hydrogen-bond donors (Lipinski definition) is 1. The van der Waals surface area contributed by atoms with Crippen molar-refractivity contribution in [2.75, 3.05) is 13.1 Å². The predicted molar refractivity (Wildman–Crippen MR) is 95.5 cm³/mol. The summed E-state index contributed by atoms with van der Waals surface area (Å²) >= 11 is 0. The Morgan fingerprint density at radius 2 is 2.17 bits per heavy atom. The molecule has 3 nitrogen and oxygen atoms in total. The van der Waals surface area contributed by atoms with Crippen LogP contribution in [0.15, 0.2) is 29.8 Å². The third-order valence-corrected chi connectivity index (χ3v) is 6.53. The number of likely N-dealkylation sites (tertiary alicyclic amines) is 1. The molecule has 0 unspecified atom stereocenters. The smallest absolute Gasteiger partial charge is 0.180 e. The summed E-state index contributed by atoms with van der Waals surface area (Å²) in [7, 11) is 0. The number of rotatable bonds is 2. The summed E-state index contributed by atoms with van der Waals surface area (Å²) in [5.41, 5.74) is 3.41. The number of fused-ring (bicyclic) bond motifs is 1. The highest BCUT2D eigenvalue weighted by Crippen LogP contribution is 2.56. The van der Waals surface area contributed by atoms with Crippen LogP contribution in [-0.2, 0) is 5.41 Å². The SMILES string of the molecule is CC(C)=CCN1CC[C@]23CCCC[C@H]2[C@@H]1C(=O)c1ccc(O)cc13. The largest absolute Gasteiger partial charge is 0.508 e. The normalized spacial score (nSPS) is 32.0. The zero-order valence-electron chi connectivity index (χ0n) is 14.7. The van der Waals surface area contributed by atoms with Gasteiger partial charge >= 0.3 is 0 Å². The van der Waals surface area contributed by atoms with Crippen molar-refractivity contribution in [3.05, 3.63) is 41.0 Å². The van der Waals surface area contributed by atoms with Crippen LogP contribution in [0.1, 0.15) is 61.9 Å². The monoisotopic (exact) mass is 325 g/mol. The number of ketones is 1. The molecule has 1 aromatic rings. The van der Waals surface area contributed by atoms with Gasteiger partial charge in [-0.05, 0) is 62.8 Å². The lowest BCUT2D eigenvalue weighted by Gasteiger charge is -2.58. The second-order valence-corrected chi connectivity index (χ2v) is 8.07. The molecular weight excluding hydrogens is 298 g/mol. The van der Waals surface area contributed by atoms with Gasteiger partial charge in [-0.2, -0.15) is 0 Å². The number of carbonyl (C=O) groups excluding carboxylic acids is 1. The number of Topliss-reactive ketones (excluding diaryl/α,β-unsaturated/α-hetero) is 1. The van der Waals surface area contributed by atoms with Crippen LogP contribution < -0.4 is 0 Å². The van der Waals surface area contributed by atoms with Crippen LogP contribution in [0.2, 0.25) is 0 Å². The first-order chi connectivity index (χ1) is 11.5. The lowest BCUT2D eigenvalue weighted by Crippen LogP contribution is -2.63. The molecule has 128 valence electrons. The first-order valence-corrected chi connectivity index (χ1v) is 9.28. The molecule has 3 atom stereocenters. The zero-order chi connectivity index (χ0) is 16.9. The summed E-state index contributed by atoms with van der Waals surface area (Å²) in [6, 6.07) is 5.43. The summed E-state index contributed by atoms with van der Waals surface area (Å²) in [5.74, 6) is 0.979. The highest BCUT2D eigenvalue weighted by Gasteiger charge is 2.56. The van der Waals surface area contributed by atoms with E-state index in [1.807, 2.05) is 12.1 Å². The maximum atomic E-state index is 13.3. The Hall–Kier alpha value is -1.61.